The molecule has 5 fully saturated rings. The molecule has 0 spiro atoms. The van der Waals surface area contributed by atoms with Gasteiger partial charge < -0.3 is 5.11 Å². The minimum absolute atomic E-state index is 0.280. The van der Waals surface area contributed by atoms with Gasteiger partial charge in [-0.05, 0) is 140 Å². The summed E-state index contributed by atoms with van der Waals surface area (Å²) in [5.41, 5.74) is 4.29. The first-order valence-corrected chi connectivity index (χ1v) is 16.0. The van der Waals surface area contributed by atoms with Crippen LogP contribution in [0.3, 0.4) is 0 Å². The van der Waals surface area contributed by atoms with Crippen molar-refractivity contribution >= 4 is 0 Å². The predicted octanol–water partition coefficient (Wildman–Crippen LogP) is 9.44. The summed E-state index contributed by atoms with van der Waals surface area (Å²) in [6.07, 6.45) is 19.7. The molecule has 0 radical (unpaired) electrons. The van der Waals surface area contributed by atoms with Crippen molar-refractivity contribution in [3.05, 3.63) is 11.6 Å². The first-order valence-electron chi connectivity index (χ1n) is 16.0. The third-order valence-electron chi connectivity index (χ3n) is 15.7. The molecule has 0 aromatic carbocycles. The van der Waals surface area contributed by atoms with Crippen LogP contribution in [0.1, 0.15) is 132 Å². The predicted molar refractivity (Wildman–Crippen MR) is 152 cm³/mol. The van der Waals surface area contributed by atoms with Gasteiger partial charge in [0.2, 0.25) is 0 Å². The Labute approximate surface area is 223 Å². The lowest BCUT2D eigenvalue weighted by atomic mass is 9.31. The van der Waals surface area contributed by atoms with E-state index in [2.05, 4.69) is 61.5 Å². The molecule has 0 bridgehead atoms. The molecule has 6 aliphatic carbocycles. The van der Waals surface area contributed by atoms with E-state index in [-0.39, 0.29) is 5.41 Å². The molecular weight excluding hydrogens is 436 g/mol. The normalized spacial score (nSPS) is 57.9. The average molecular weight is 495 g/mol. The second-order valence-electron chi connectivity index (χ2n) is 17.2. The third-order valence-corrected chi connectivity index (χ3v) is 15.7. The highest BCUT2D eigenvalue weighted by Gasteiger charge is 2.70. The molecule has 1 N–H and O–H groups in total. The SMILES string of the molecule is CC1=CCC2[C@]3(C)CCC4[C@]5(C)CCC6C(C)(C)CCC[C@]6(C)C5CC[C@]4(C)C3CC[C@]2(C)[C@H]1CO. The molecule has 6 aliphatic rings. The highest BCUT2D eigenvalue weighted by atomic mass is 16.3. The highest BCUT2D eigenvalue weighted by Crippen LogP contribution is 2.77. The van der Waals surface area contributed by atoms with Crippen molar-refractivity contribution in [3.8, 4) is 0 Å². The number of allylic oxidation sites excluding steroid dienone is 1. The Hall–Kier alpha value is -0.300. The lowest BCUT2D eigenvalue weighted by Gasteiger charge is -2.74. The number of aliphatic hydroxyl groups is 1. The smallest absolute Gasteiger partial charge is 0.0501 e. The van der Waals surface area contributed by atoms with Crippen LogP contribution in [0.15, 0.2) is 11.6 Å². The molecule has 36 heavy (non-hydrogen) atoms. The van der Waals surface area contributed by atoms with Crippen LogP contribution in [0.2, 0.25) is 0 Å². The van der Waals surface area contributed by atoms with Crippen LogP contribution in [0.25, 0.3) is 0 Å². The number of hydrogen-bond acceptors (Lipinski definition) is 1. The van der Waals surface area contributed by atoms with Crippen molar-refractivity contribution in [1.82, 2.24) is 0 Å². The Bertz CT molecular complexity index is 931. The van der Waals surface area contributed by atoms with Crippen LogP contribution in [-0.4, -0.2) is 11.7 Å². The van der Waals surface area contributed by atoms with E-state index in [4.69, 9.17) is 0 Å². The molecule has 11 atom stereocenters. The fourth-order valence-electron chi connectivity index (χ4n) is 14.3. The number of aliphatic hydroxyl groups excluding tert-OH is 1. The molecule has 0 aromatic rings. The molecule has 0 aliphatic heterocycles. The zero-order chi connectivity index (χ0) is 25.9. The summed E-state index contributed by atoms with van der Waals surface area (Å²) in [7, 11) is 0. The first-order chi connectivity index (χ1) is 16.8. The van der Waals surface area contributed by atoms with Gasteiger partial charge in [-0.3, -0.25) is 0 Å². The summed E-state index contributed by atoms with van der Waals surface area (Å²) in [5, 5.41) is 10.5. The summed E-state index contributed by atoms with van der Waals surface area (Å²) in [6.45, 7) is 21.5. The Morgan fingerprint density at radius 1 is 0.611 bits per heavy atom. The molecular formula is C35H58O. The largest absolute Gasteiger partial charge is 0.396 e. The standard InChI is InChI=1S/C35H58O/c1-23-10-11-26-31(4,24(23)22-36)18-13-28-33(26,6)20-15-29-34(7)19-12-25-30(2,3)16-9-17-32(25,5)27(34)14-21-35(28,29)8/h10,24-29,36H,9,11-22H2,1-8H3/t24-,25?,26?,27?,28?,29?,31+,32-,33-,34+,35+/m0/s1. The van der Waals surface area contributed by atoms with Crippen LogP contribution in [-0.2, 0) is 0 Å². The van der Waals surface area contributed by atoms with Gasteiger partial charge in [0.1, 0.15) is 0 Å². The molecule has 0 aromatic heterocycles. The lowest BCUT2D eigenvalue weighted by molar-refractivity contribution is -0.249. The highest BCUT2D eigenvalue weighted by molar-refractivity contribution is 5.23. The fraction of sp³-hybridized carbons (Fsp3) is 0.943. The molecule has 0 heterocycles. The molecule has 6 rings (SSSR count). The molecule has 5 unspecified atom stereocenters. The molecule has 204 valence electrons. The monoisotopic (exact) mass is 494 g/mol. The van der Waals surface area contributed by atoms with Gasteiger partial charge in [0.25, 0.3) is 0 Å². The van der Waals surface area contributed by atoms with Gasteiger partial charge in [-0.2, -0.15) is 0 Å². The van der Waals surface area contributed by atoms with E-state index in [1.54, 1.807) is 0 Å². The van der Waals surface area contributed by atoms with Crippen molar-refractivity contribution in [2.75, 3.05) is 6.61 Å². The number of fused-ring (bicyclic) bond motifs is 9. The molecule has 1 heteroatoms. The summed E-state index contributed by atoms with van der Waals surface area (Å²) in [5.74, 6) is 4.73. The van der Waals surface area contributed by atoms with Crippen molar-refractivity contribution in [2.45, 2.75) is 132 Å². The molecule has 5 saturated carbocycles. The number of hydrogen-bond donors (Lipinski definition) is 1. The van der Waals surface area contributed by atoms with Crippen molar-refractivity contribution in [3.63, 3.8) is 0 Å². The summed E-state index contributed by atoms with van der Waals surface area (Å²) < 4.78 is 0. The maximum atomic E-state index is 10.5. The van der Waals surface area contributed by atoms with E-state index in [0.717, 1.165) is 29.6 Å². The number of rotatable bonds is 1. The van der Waals surface area contributed by atoms with E-state index in [9.17, 15) is 5.11 Å². The van der Waals surface area contributed by atoms with Gasteiger partial charge in [0.05, 0.1) is 6.61 Å². The Morgan fingerprint density at radius 2 is 1.06 bits per heavy atom. The van der Waals surface area contributed by atoms with Crippen LogP contribution in [0, 0.1) is 68.0 Å². The average Bonchev–Trinajstić information content (AvgIpc) is 2.77. The fourth-order valence-corrected chi connectivity index (χ4v) is 14.3. The van der Waals surface area contributed by atoms with E-state index in [1.165, 1.54) is 82.6 Å². The van der Waals surface area contributed by atoms with Gasteiger partial charge in [0.15, 0.2) is 0 Å². The van der Waals surface area contributed by atoms with Gasteiger partial charge in [-0.25, -0.2) is 0 Å². The minimum Gasteiger partial charge on any atom is -0.396 e. The first kappa shape index (κ1) is 26.0. The maximum absolute atomic E-state index is 10.5. The zero-order valence-corrected chi connectivity index (χ0v) is 25.2. The third kappa shape index (κ3) is 3.05. The van der Waals surface area contributed by atoms with Gasteiger partial charge in [-0.15, -0.1) is 0 Å². The van der Waals surface area contributed by atoms with Crippen molar-refractivity contribution < 1.29 is 5.11 Å². The Kier molecular flexibility index (Phi) is 5.68. The van der Waals surface area contributed by atoms with Gasteiger partial charge >= 0.3 is 0 Å². The van der Waals surface area contributed by atoms with E-state index in [0.29, 0.717) is 39.6 Å². The van der Waals surface area contributed by atoms with Crippen LogP contribution >= 0.6 is 0 Å². The van der Waals surface area contributed by atoms with E-state index >= 15 is 0 Å². The second kappa shape index (κ2) is 7.88. The van der Waals surface area contributed by atoms with Crippen molar-refractivity contribution in [1.29, 1.82) is 0 Å². The van der Waals surface area contributed by atoms with Crippen molar-refractivity contribution in [2.24, 2.45) is 68.0 Å². The second-order valence-corrected chi connectivity index (χ2v) is 17.2. The van der Waals surface area contributed by atoms with Gasteiger partial charge in [0, 0.05) is 5.92 Å². The van der Waals surface area contributed by atoms with Crippen LogP contribution in [0.5, 0.6) is 0 Å². The summed E-state index contributed by atoms with van der Waals surface area (Å²) >= 11 is 0. The van der Waals surface area contributed by atoms with E-state index in [1.807, 2.05) is 0 Å². The zero-order valence-electron chi connectivity index (χ0n) is 25.2. The van der Waals surface area contributed by atoms with Crippen LogP contribution < -0.4 is 0 Å². The lowest BCUT2D eigenvalue weighted by Crippen LogP contribution is -2.67. The summed E-state index contributed by atoms with van der Waals surface area (Å²) in [4.78, 5) is 0. The maximum Gasteiger partial charge on any atom is 0.0501 e. The molecule has 0 saturated heterocycles. The quantitative estimate of drug-likeness (QED) is 0.360. The van der Waals surface area contributed by atoms with Gasteiger partial charge in [-0.1, -0.05) is 66.5 Å². The Morgan fingerprint density at radius 3 is 1.58 bits per heavy atom. The van der Waals surface area contributed by atoms with E-state index < -0.39 is 0 Å². The topological polar surface area (TPSA) is 20.2 Å². The molecule has 0 amide bonds. The summed E-state index contributed by atoms with van der Waals surface area (Å²) in [6, 6.07) is 0. The molecule has 1 nitrogen and oxygen atoms in total. The Balaban J connectivity index is 1.35. The minimum atomic E-state index is 0.280. The van der Waals surface area contributed by atoms with Crippen LogP contribution in [0.4, 0.5) is 0 Å².